The van der Waals surface area contributed by atoms with Crippen LogP contribution in [0.15, 0.2) is 28.8 Å². The zero-order valence-electron chi connectivity index (χ0n) is 5.54. The Bertz CT molecular complexity index is 371. The Morgan fingerprint density at radius 2 is 2.18 bits per heavy atom. The molecular weight excluding hydrogens is 255 g/mol. The quantitative estimate of drug-likeness (QED) is 0.632. The maximum Gasteiger partial charge on any atom is 0.241 e. The van der Waals surface area contributed by atoms with Crippen LogP contribution in [0.1, 0.15) is 0 Å². The molecule has 0 aliphatic carbocycles. The normalized spacial score (nSPS) is 10.3. The number of aromatic nitrogens is 1. The van der Waals surface area contributed by atoms with Crippen LogP contribution in [-0.4, -0.2) is 5.16 Å². The smallest absolute Gasteiger partial charge is 0.241 e. The lowest BCUT2D eigenvalue weighted by Gasteiger charge is -1.87. The van der Waals surface area contributed by atoms with Crippen LogP contribution in [0, 0.1) is 0 Å². The van der Waals surface area contributed by atoms with Crippen LogP contribution < -0.4 is 3.53 Å². The zero-order valence-corrected chi connectivity index (χ0v) is 7.70. The number of rotatable bonds is 1. The highest BCUT2D eigenvalue weighted by Crippen LogP contribution is 2.22. The number of halogens is 1. The minimum absolute atomic E-state index is 0.709. The summed E-state index contributed by atoms with van der Waals surface area (Å²) in [6.07, 6.45) is 0. The third kappa shape index (κ3) is 1.07. The highest BCUT2D eigenvalue weighted by molar-refractivity contribution is 14.1. The summed E-state index contributed by atoms with van der Waals surface area (Å²) in [7, 11) is 0. The molecule has 1 heterocycles. The topological polar surface area (TPSA) is 38.1 Å². The van der Waals surface area contributed by atoms with Crippen molar-refractivity contribution in [1.29, 1.82) is 0 Å². The Labute approximate surface area is 77.2 Å². The van der Waals surface area contributed by atoms with Crippen molar-refractivity contribution in [2.45, 2.75) is 0 Å². The number of nitrogens with zero attached hydrogens (tertiary/aromatic N) is 1. The van der Waals surface area contributed by atoms with Gasteiger partial charge in [0.25, 0.3) is 0 Å². The Morgan fingerprint density at radius 3 is 3.00 bits per heavy atom. The molecule has 0 saturated heterocycles. The van der Waals surface area contributed by atoms with Crippen molar-refractivity contribution in [3.63, 3.8) is 0 Å². The molecule has 0 radical (unpaired) electrons. The first kappa shape index (κ1) is 6.90. The molecule has 0 amide bonds. The summed E-state index contributed by atoms with van der Waals surface area (Å²) in [5.74, 6) is 0.709. The lowest BCUT2D eigenvalue weighted by Crippen LogP contribution is -1.73. The van der Waals surface area contributed by atoms with Gasteiger partial charge in [0.2, 0.25) is 5.88 Å². The molecular formula is C7H5IN2O. The van der Waals surface area contributed by atoms with Gasteiger partial charge in [-0.1, -0.05) is 17.3 Å². The molecule has 0 aliphatic heterocycles. The molecule has 4 heteroatoms. The lowest BCUT2D eigenvalue weighted by molar-refractivity contribution is 0.446. The largest absolute Gasteiger partial charge is 0.337 e. The molecule has 3 nitrogen and oxygen atoms in total. The Kier molecular flexibility index (Phi) is 1.69. The van der Waals surface area contributed by atoms with E-state index in [4.69, 9.17) is 4.52 Å². The van der Waals surface area contributed by atoms with Gasteiger partial charge in [-0.05, 0) is 12.1 Å². The average molecular weight is 260 g/mol. The number of anilines is 1. The van der Waals surface area contributed by atoms with Gasteiger partial charge in [-0.3, -0.25) is 3.53 Å². The van der Waals surface area contributed by atoms with Gasteiger partial charge in [-0.15, -0.1) is 0 Å². The average Bonchev–Trinajstić information content (AvgIpc) is 2.47. The number of nitrogens with one attached hydrogen (secondary N) is 1. The molecule has 0 fully saturated rings. The molecule has 0 atom stereocenters. The number of hydrogen-bond acceptors (Lipinski definition) is 3. The van der Waals surface area contributed by atoms with E-state index in [0.717, 1.165) is 10.9 Å². The molecule has 11 heavy (non-hydrogen) atoms. The van der Waals surface area contributed by atoms with Crippen LogP contribution in [0.4, 0.5) is 5.88 Å². The number of benzene rings is 1. The predicted octanol–water partition coefficient (Wildman–Crippen LogP) is 2.59. The molecule has 0 bridgehead atoms. The van der Waals surface area contributed by atoms with Crippen LogP contribution in [0.25, 0.3) is 10.9 Å². The van der Waals surface area contributed by atoms with E-state index < -0.39 is 0 Å². The van der Waals surface area contributed by atoms with Crippen LogP contribution in [0.2, 0.25) is 0 Å². The second-order valence-corrected chi connectivity index (χ2v) is 2.66. The van der Waals surface area contributed by atoms with Gasteiger partial charge in [0.15, 0.2) is 0 Å². The maximum atomic E-state index is 5.00. The van der Waals surface area contributed by atoms with E-state index >= 15 is 0 Å². The minimum atomic E-state index is 0.709. The van der Waals surface area contributed by atoms with Gasteiger partial charge in [0, 0.05) is 0 Å². The van der Waals surface area contributed by atoms with Gasteiger partial charge in [-0.25, -0.2) is 0 Å². The second-order valence-electron chi connectivity index (χ2n) is 2.12. The van der Waals surface area contributed by atoms with Gasteiger partial charge in [0.1, 0.15) is 5.52 Å². The van der Waals surface area contributed by atoms with Crippen molar-refractivity contribution in [3.8, 4) is 0 Å². The number of fused-ring (bicyclic) bond motifs is 1. The first-order valence-corrected chi connectivity index (χ1v) is 4.21. The van der Waals surface area contributed by atoms with Crippen molar-refractivity contribution in [3.05, 3.63) is 24.3 Å². The standard InChI is InChI=1S/C7H5IN2O/c8-9-7-5-3-1-2-4-6(5)10-11-7/h1-4,9H. The summed E-state index contributed by atoms with van der Waals surface area (Å²) in [5, 5.41) is 4.86. The van der Waals surface area contributed by atoms with Crippen molar-refractivity contribution in [2.75, 3.05) is 3.53 Å². The molecule has 0 spiro atoms. The van der Waals surface area contributed by atoms with Gasteiger partial charge in [-0.2, -0.15) is 0 Å². The van der Waals surface area contributed by atoms with E-state index in [1.165, 1.54) is 0 Å². The van der Waals surface area contributed by atoms with Crippen molar-refractivity contribution in [2.24, 2.45) is 0 Å². The fourth-order valence-electron chi connectivity index (χ4n) is 0.957. The van der Waals surface area contributed by atoms with Crippen molar-refractivity contribution in [1.82, 2.24) is 5.16 Å². The zero-order chi connectivity index (χ0) is 7.68. The SMILES string of the molecule is INc1onc2ccccc12. The van der Waals surface area contributed by atoms with Crippen LogP contribution >= 0.6 is 22.9 Å². The highest BCUT2D eigenvalue weighted by Gasteiger charge is 2.03. The first-order chi connectivity index (χ1) is 5.42. The lowest BCUT2D eigenvalue weighted by atomic mass is 10.2. The van der Waals surface area contributed by atoms with E-state index in [1.54, 1.807) is 0 Å². The molecule has 56 valence electrons. The monoisotopic (exact) mass is 260 g/mol. The third-order valence-corrected chi connectivity index (χ3v) is 1.96. The van der Waals surface area contributed by atoms with E-state index in [1.807, 2.05) is 47.1 Å². The third-order valence-electron chi connectivity index (χ3n) is 1.47. The molecule has 2 rings (SSSR count). The summed E-state index contributed by atoms with van der Waals surface area (Å²) < 4.78 is 7.89. The fraction of sp³-hybridized carbons (Fsp3) is 0. The first-order valence-electron chi connectivity index (χ1n) is 3.13. The molecule has 1 aromatic heterocycles. The van der Waals surface area contributed by atoms with E-state index in [9.17, 15) is 0 Å². The van der Waals surface area contributed by atoms with E-state index in [2.05, 4.69) is 8.69 Å². The minimum Gasteiger partial charge on any atom is -0.337 e. The van der Waals surface area contributed by atoms with E-state index in [-0.39, 0.29) is 0 Å². The fourth-order valence-corrected chi connectivity index (χ4v) is 1.35. The number of hydrogen-bond donors (Lipinski definition) is 1. The Hall–Kier alpha value is -0.780. The molecule has 0 unspecified atom stereocenters. The predicted molar refractivity (Wildman–Crippen MR) is 51.7 cm³/mol. The maximum absolute atomic E-state index is 5.00. The molecule has 1 aromatic carbocycles. The highest BCUT2D eigenvalue weighted by atomic mass is 127. The summed E-state index contributed by atoms with van der Waals surface area (Å²) in [6, 6.07) is 7.77. The van der Waals surface area contributed by atoms with Crippen molar-refractivity contribution < 1.29 is 4.52 Å². The Balaban J connectivity index is 2.76. The summed E-state index contributed by atoms with van der Waals surface area (Å²) in [5.41, 5.74) is 0.881. The van der Waals surface area contributed by atoms with Gasteiger partial charge < -0.3 is 4.52 Å². The molecule has 0 aliphatic rings. The van der Waals surface area contributed by atoms with Crippen LogP contribution in [0.5, 0.6) is 0 Å². The van der Waals surface area contributed by atoms with Crippen LogP contribution in [0.3, 0.4) is 0 Å². The molecule has 1 N–H and O–H groups in total. The summed E-state index contributed by atoms with van der Waals surface area (Å²) in [6.45, 7) is 0. The van der Waals surface area contributed by atoms with Gasteiger partial charge in [0.05, 0.1) is 28.3 Å². The summed E-state index contributed by atoms with van der Waals surface area (Å²) >= 11 is 2.01. The molecule has 2 aromatic rings. The van der Waals surface area contributed by atoms with Crippen molar-refractivity contribution >= 4 is 39.7 Å². The molecule has 0 saturated carbocycles. The van der Waals surface area contributed by atoms with Crippen LogP contribution in [-0.2, 0) is 0 Å². The Morgan fingerprint density at radius 1 is 1.36 bits per heavy atom. The van der Waals surface area contributed by atoms with Gasteiger partial charge >= 0.3 is 0 Å². The second kappa shape index (κ2) is 2.69. The summed E-state index contributed by atoms with van der Waals surface area (Å²) in [4.78, 5) is 0. The van der Waals surface area contributed by atoms with E-state index in [0.29, 0.717) is 5.88 Å².